The SMILES string of the molecule is NC(=O)c1ccc(CNC(=O)CCCN2CCCCC2=O)cc1. The highest BCUT2D eigenvalue weighted by atomic mass is 16.2. The predicted molar refractivity (Wildman–Crippen MR) is 86.5 cm³/mol. The molecule has 1 aromatic carbocycles. The Morgan fingerprint density at radius 1 is 1.17 bits per heavy atom. The maximum absolute atomic E-state index is 11.8. The number of benzene rings is 1. The predicted octanol–water partition coefficient (Wildman–Crippen LogP) is 1.19. The summed E-state index contributed by atoms with van der Waals surface area (Å²) in [6.07, 6.45) is 3.75. The molecule has 1 fully saturated rings. The summed E-state index contributed by atoms with van der Waals surface area (Å²) in [5, 5.41) is 2.84. The lowest BCUT2D eigenvalue weighted by molar-refractivity contribution is -0.133. The molecule has 124 valence electrons. The molecule has 0 radical (unpaired) electrons. The molecule has 3 amide bonds. The number of rotatable bonds is 7. The van der Waals surface area contributed by atoms with Crippen LogP contribution in [-0.2, 0) is 16.1 Å². The fourth-order valence-electron chi connectivity index (χ4n) is 2.60. The summed E-state index contributed by atoms with van der Waals surface area (Å²) in [5.74, 6) is -0.299. The number of nitrogens with one attached hydrogen (secondary N) is 1. The van der Waals surface area contributed by atoms with Crippen LogP contribution >= 0.6 is 0 Å². The molecule has 1 heterocycles. The summed E-state index contributed by atoms with van der Waals surface area (Å²) in [6, 6.07) is 6.83. The fourth-order valence-corrected chi connectivity index (χ4v) is 2.60. The first kappa shape index (κ1) is 17.0. The van der Waals surface area contributed by atoms with Gasteiger partial charge in [-0.05, 0) is 37.0 Å². The highest BCUT2D eigenvalue weighted by molar-refractivity contribution is 5.92. The average Bonchev–Trinajstić information content (AvgIpc) is 2.55. The molecule has 0 spiro atoms. The number of nitrogens with two attached hydrogens (primary N) is 1. The number of nitrogens with zero attached hydrogens (tertiary/aromatic N) is 1. The van der Waals surface area contributed by atoms with E-state index in [9.17, 15) is 14.4 Å². The molecule has 1 aromatic rings. The van der Waals surface area contributed by atoms with Gasteiger partial charge in [-0.25, -0.2) is 0 Å². The van der Waals surface area contributed by atoms with Gasteiger partial charge in [0.15, 0.2) is 0 Å². The number of amides is 3. The van der Waals surface area contributed by atoms with E-state index in [1.807, 2.05) is 4.90 Å². The normalized spacial score (nSPS) is 14.6. The Morgan fingerprint density at radius 3 is 2.57 bits per heavy atom. The van der Waals surface area contributed by atoms with Gasteiger partial charge in [-0.3, -0.25) is 14.4 Å². The molecule has 6 nitrogen and oxygen atoms in total. The van der Waals surface area contributed by atoms with Gasteiger partial charge in [-0.2, -0.15) is 0 Å². The summed E-state index contributed by atoms with van der Waals surface area (Å²) in [7, 11) is 0. The summed E-state index contributed by atoms with van der Waals surface area (Å²) in [4.78, 5) is 36.3. The Bertz CT molecular complexity index is 569. The quantitative estimate of drug-likeness (QED) is 0.791. The van der Waals surface area contributed by atoms with E-state index in [-0.39, 0.29) is 11.8 Å². The minimum Gasteiger partial charge on any atom is -0.366 e. The van der Waals surface area contributed by atoms with Gasteiger partial charge in [0.1, 0.15) is 0 Å². The van der Waals surface area contributed by atoms with Crippen LogP contribution in [0.2, 0.25) is 0 Å². The zero-order valence-electron chi connectivity index (χ0n) is 13.2. The van der Waals surface area contributed by atoms with Crippen LogP contribution in [0.3, 0.4) is 0 Å². The summed E-state index contributed by atoms with van der Waals surface area (Å²) < 4.78 is 0. The van der Waals surface area contributed by atoms with Gasteiger partial charge in [-0.1, -0.05) is 12.1 Å². The molecule has 1 saturated heterocycles. The lowest BCUT2D eigenvalue weighted by Crippen LogP contribution is -2.36. The van der Waals surface area contributed by atoms with Crippen LogP contribution in [0.5, 0.6) is 0 Å². The van der Waals surface area contributed by atoms with Crippen molar-refractivity contribution in [3.05, 3.63) is 35.4 Å². The van der Waals surface area contributed by atoms with Crippen LogP contribution in [-0.4, -0.2) is 35.7 Å². The number of piperidine rings is 1. The highest BCUT2D eigenvalue weighted by Gasteiger charge is 2.17. The molecule has 3 N–H and O–H groups in total. The molecule has 23 heavy (non-hydrogen) atoms. The lowest BCUT2D eigenvalue weighted by Gasteiger charge is -2.26. The van der Waals surface area contributed by atoms with Gasteiger partial charge in [-0.15, -0.1) is 0 Å². The van der Waals surface area contributed by atoms with E-state index in [0.29, 0.717) is 37.9 Å². The molecule has 1 aliphatic heterocycles. The van der Waals surface area contributed by atoms with Crippen molar-refractivity contribution in [2.45, 2.75) is 38.6 Å². The van der Waals surface area contributed by atoms with Crippen molar-refractivity contribution in [1.29, 1.82) is 0 Å². The summed E-state index contributed by atoms with van der Waals surface area (Å²) in [5.41, 5.74) is 6.54. The third-order valence-electron chi connectivity index (χ3n) is 3.98. The van der Waals surface area contributed by atoms with Crippen molar-refractivity contribution in [2.24, 2.45) is 5.73 Å². The van der Waals surface area contributed by atoms with Crippen molar-refractivity contribution in [1.82, 2.24) is 10.2 Å². The zero-order chi connectivity index (χ0) is 16.7. The van der Waals surface area contributed by atoms with Gasteiger partial charge in [0.2, 0.25) is 17.7 Å². The van der Waals surface area contributed by atoms with E-state index in [2.05, 4.69) is 5.32 Å². The van der Waals surface area contributed by atoms with Crippen molar-refractivity contribution in [3.63, 3.8) is 0 Å². The van der Waals surface area contributed by atoms with E-state index in [0.717, 1.165) is 24.9 Å². The molecule has 0 saturated carbocycles. The van der Waals surface area contributed by atoms with Crippen LogP contribution in [0.1, 0.15) is 48.0 Å². The van der Waals surface area contributed by atoms with Crippen LogP contribution < -0.4 is 11.1 Å². The minimum absolute atomic E-state index is 0.0339. The maximum Gasteiger partial charge on any atom is 0.248 e. The van der Waals surface area contributed by atoms with Gasteiger partial charge in [0, 0.05) is 38.0 Å². The van der Waals surface area contributed by atoms with Crippen molar-refractivity contribution >= 4 is 17.7 Å². The summed E-state index contributed by atoms with van der Waals surface area (Å²) in [6.45, 7) is 1.88. The van der Waals surface area contributed by atoms with Crippen LogP contribution in [0.25, 0.3) is 0 Å². The molecule has 6 heteroatoms. The van der Waals surface area contributed by atoms with E-state index in [1.54, 1.807) is 24.3 Å². The second-order valence-corrected chi connectivity index (χ2v) is 5.78. The minimum atomic E-state index is -0.465. The first-order valence-corrected chi connectivity index (χ1v) is 7.99. The fraction of sp³-hybridized carbons (Fsp3) is 0.471. The number of likely N-dealkylation sites (tertiary alicyclic amines) is 1. The van der Waals surface area contributed by atoms with Crippen molar-refractivity contribution < 1.29 is 14.4 Å². The summed E-state index contributed by atoms with van der Waals surface area (Å²) >= 11 is 0. The number of hydrogen-bond acceptors (Lipinski definition) is 3. The highest BCUT2D eigenvalue weighted by Crippen LogP contribution is 2.11. The van der Waals surface area contributed by atoms with Crippen molar-refractivity contribution in [2.75, 3.05) is 13.1 Å². The molecule has 0 atom stereocenters. The largest absolute Gasteiger partial charge is 0.366 e. The first-order chi connectivity index (χ1) is 11.1. The van der Waals surface area contributed by atoms with E-state index >= 15 is 0 Å². The average molecular weight is 317 g/mol. The van der Waals surface area contributed by atoms with E-state index < -0.39 is 5.91 Å². The monoisotopic (exact) mass is 317 g/mol. The molecule has 0 aromatic heterocycles. The van der Waals surface area contributed by atoms with Gasteiger partial charge in [0.25, 0.3) is 0 Å². The molecule has 0 aliphatic carbocycles. The number of hydrogen-bond donors (Lipinski definition) is 2. The Balaban J connectivity index is 1.66. The third kappa shape index (κ3) is 5.39. The second-order valence-electron chi connectivity index (χ2n) is 5.78. The zero-order valence-corrected chi connectivity index (χ0v) is 13.2. The Morgan fingerprint density at radius 2 is 1.91 bits per heavy atom. The van der Waals surface area contributed by atoms with Crippen molar-refractivity contribution in [3.8, 4) is 0 Å². The third-order valence-corrected chi connectivity index (χ3v) is 3.98. The topological polar surface area (TPSA) is 92.5 Å². The van der Waals surface area contributed by atoms with Gasteiger partial charge >= 0.3 is 0 Å². The van der Waals surface area contributed by atoms with E-state index in [4.69, 9.17) is 5.73 Å². The van der Waals surface area contributed by atoms with Crippen LogP contribution in [0.4, 0.5) is 0 Å². The standard InChI is InChI=1S/C17H23N3O3/c18-17(23)14-8-6-13(7-9-14)12-19-15(21)4-3-11-20-10-2-1-5-16(20)22/h6-9H,1-5,10-12H2,(H2,18,23)(H,19,21). The Labute approximate surface area is 136 Å². The molecule has 0 bridgehead atoms. The number of primary amides is 1. The first-order valence-electron chi connectivity index (χ1n) is 7.99. The second kappa shape index (κ2) is 8.31. The Hall–Kier alpha value is -2.37. The Kier molecular flexibility index (Phi) is 6.14. The smallest absolute Gasteiger partial charge is 0.248 e. The molecular weight excluding hydrogens is 294 g/mol. The van der Waals surface area contributed by atoms with Gasteiger partial charge in [0.05, 0.1) is 0 Å². The number of carbonyl (C=O) groups excluding carboxylic acids is 3. The van der Waals surface area contributed by atoms with Crippen LogP contribution in [0.15, 0.2) is 24.3 Å². The van der Waals surface area contributed by atoms with Crippen LogP contribution in [0, 0.1) is 0 Å². The molecule has 2 rings (SSSR count). The molecule has 1 aliphatic rings. The molecular formula is C17H23N3O3. The lowest BCUT2D eigenvalue weighted by atomic mass is 10.1. The maximum atomic E-state index is 11.8. The number of carbonyl (C=O) groups is 3. The molecule has 0 unspecified atom stereocenters. The van der Waals surface area contributed by atoms with Gasteiger partial charge < -0.3 is 16.0 Å². The van der Waals surface area contributed by atoms with E-state index in [1.165, 1.54) is 0 Å².